The summed E-state index contributed by atoms with van der Waals surface area (Å²) in [6.07, 6.45) is -1.05. The van der Waals surface area contributed by atoms with Gasteiger partial charge in [-0.25, -0.2) is 4.39 Å². The molecular weight excluding hydrogens is 338 g/mol. The van der Waals surface area contributed by atoms with E-state index in [2.05, 4.69) is 21.2 Å². The fourth-order valence-corrected chi connectivity index (χ4v) is 2.25. The molecule has 1 fully saturated rings. The van der Waals surface area contributed by atoms with Gasteiger partial charge in [-0.1, -0.05) is 15.9 Å². The zero-order chi connectivity index (χ0) is 13.1. The molecule has 0 aliphatic carbocycles. The van der Waals surface area contributed by atoms with Gasteiger partial charge in [0.2, 0.25) is 0 Å². The van der Waals surface area contributed by atoms with Crippen molar-refractivity contribution in [1.82, 2.24) is 5.32 Å². The lowest BCUT2D eigenvalue weighted by Crippen LogP contribution is -2.44. The second-order valence-electron chi connectivity index (χ2n) is 4.17. The van der Waals surface area contributed by atoms with E-state index < -0.39 is 18.2 Å². The monoisotopic (exact) mass is 352 g/mol. The average Bonchev–Trinajstić information content (AvgIpc) is 2.34. The predicted octanol–water partition coefficient (Wildman–Crippen LogP) is 2.05. The van der Waals surface area contributed by atoms with Crippen LogP contribution in [0.3, 0.4) is 0 Å². The number of primary amides is 1. The normalized spacial score (nSPS) is 22.4. The summed E-state index contributed by atoms with van der Waals surface area (Å²) >= 11 is 3.25. The van der Waals surface area contributed by atoms with Crippen LogP contribution in [0.15, 0.2) is 22.7 Å². The Bertz CT molecular complexity index is 461. The van der Waals surface area contributed by atoms with Crippen molar-refractivity contribution in [1.29, 1.82) is 0 Å². The highest BCUT2D eigenvalue weighted by Gasteiger charge is 2.27. The van der Waals surface area contributed by atoms with Gasteiger partial charge >= 0.3 is 0 Å². The van der Waals surface area contributed by atoms with Crippen molar-refractivity contribution in [2.45, 2.75) is 18.7 Å². The molecule has 2 atom stereocenters. The molecule has 1 aromatic rings. The van der Waals surface area contributed by atoms with E-state index in [1.807, 2.05) is 0 Å². The number of piperidine rings is 1. The van der Waals surface area contributed by atoms with Crippen LogP contribution in [0.2, 0.25) is 0 Å². The van der Waals surface area contributed by atoms with Gasteiger partial charge in [0.15, 0.2) is 0 Å². The van der Waals surface area contributed by atoms with Gasteiger partial charge in [-0.2, -0.15) is 0 Å². The van der Waals surface area contributed by atoms with Crippen LogP contribution >= 0.6 is 28.3 Å². The van der Waals surface area contributed by atoms with Crippen molar-refractivity contribution in [3.63, 3.8) is 0 Å². The van der Waals surface area contributed by atoms with Crippen molar-refractivity contribution in [2.75, 3.05) is 13.1 Å². The summed E-state index contributed by atoms with van der Waals surface area (Å²) in [4.78, 5) is 11.3. The largest absolute Gasteiger partial charge is 0.486 e. The molecule has 2 rings (SSSR count). The summed E-state index contributed by atoms with van der Waals surface area (Å²) < 4.78 is 19.9. The van der Waals surface area contributed by atoms with Gasteiger partial charge in [0, 0.05) is 11.0 Å². The van der Waals surface area contributed by atoms with Gasteiger partial charge in [-0.05, 0) is 31.2 Å². The van der Waals surface area contributed by atoms with Crippen LogP contribution in [0.1, 0.15) is 16.8 Å². The summed E-state index contributed by atoms with van der Waals surface area (Å²) in [6.45, 7) is 0.973. The molecule has 3 N–H and O–H groups in total. The Labute approximate surface area is 125 Å². The molecule has 0 bridgehead atoms. The number of carbonyl (C=O) groups excluding carboxylic acids is 1. The Balaban J connectivity index is 0.00000180. The molecule has 19 heavy (non-hydrogen) atoms. The molecule has 1 aromatic carbocycles. The van der Waals surface area contributed by atoms with Gasteiger partial charge in [0.05, 0.1) is 5.56 Å². The van der Waals surface area contributed by atoms with Crippen molar-refractivity contribution < 1.29 is 13.9 Å². The predicted molar refractivity (Wildman–Crippen MR) is 76.7 cm³/mol. The minimum atomic E-state index is -1.08. The summed E-state index contributed by atoms with van der Waals surface area (Å²) in [5.74, 6) is -0.254. The van der Waals surface area contributed by atoms with Crippen LogP contribution in [0.5, 0.6) is 5.75 Å². The third-order valence-electron chi connectivity index (χ3n) is 2.83. The van der Waals surface area contributed by atoms with Crippen LogP contribution in [0.4, 0.5) is 4.39 Å². The molecule has 7 heteroatoms. The number of carbonyl (C=O) groups is 1. The van der Waals surface area contributed by atoms with Gasteiger partial charge in [-0.3, -0.25) is 4.79 Å². The number of halogens is 3. The molecule has 1 heterocycles. The molecule has 1 aliphatic rings. The van der Waals surface area contributed by atoms with E-state index in [0.29, 0.717) is 18.7 Å². The third kappa shape index (κ3) is 4.06. The first-order chi connectivity index (χ1) is 8.58. The minimum absolute atomic E-state index is 0. The smallest absolute Gasteiger partial charge is 0.252 e. The standard InChI is InChI=1S/C12H14BrFN2O2.ClH/c13-7-1-2-10(8(5-7)12(15)17)18-11-3-4-16-6-9(11)14;/h1-2,5,9,11,16H,3-4,6H2,(H2,15,17);1H/t9-,11-;/m1./s1. The number of hydrogen-bond acceptors (Lipinski definition) is 3. The quantitative estimate of drug-likeness (QED) is 0.874. The number of ether oxygens (including phenoxy) is 1. The SMILES string of the molecule is Cl.NC(=O)c1cc(Br)ccc1O[C@@H]1CCNC[C@H]1F. The molecule has 106 valence electrons. The van der Waals surface area contributed by atoms with Crippen molar-refractivity contribution >= 4 is 34.2 Å². The molecule has 0 aromatic heterocycles. The Morgan fingerprint density at radius 1 is 1.53 bits per heavy atom. The number of rotatable bonds is 3. The molecule has 0 unspecified atom stereocenters. The highest BCUT2D eigenvalue weighted by Crippen LogP contribution is 2.26. The summed E-state index contributed by atoms with van der Waals surface area (Å²) in [5, 5.41) is 2.94. The van der Waals surface area contributed by atoms with E-state index >= 15 is 0 Å². The first-order valence-corrected chi connectivity index (χ1v) is 6.48. The molecule has 1 saturated heterocycles. The van der Waals surface area contributed by atoms with Crippen LogP contribution in [-0.2, 0) is 0 Å². The zero-order valence-electron chi connectivity index (χ0n) is 10.1. The Morgan fingerprint density at radius 3 is 2.89 bits per heavy atom. The van der Waals surface area contributed by atoms with Crippen molar-refractivity contribution in [3.8, 4) is 5.75 Å². The number of alkyl halides is 1. The van der Waals surface area contributed by atoms with Crippen molar-refractivity contribution in [3.05, 3.63) is 28.2 Å². The molecule has 1 amide bonds. The van der Waals surface area contributed by atoms with Gasteiger partial charge < -0.3 is 15.8 Å². The maximum Gasteiger partial charge on any atom is 0.252 e. The molecule has 0 saturated carbocycles. The van der Waals surface area contributed by atoms with Gasteiger partial charge in [0.25, 0.3) is 5.91 Å². The summed E-state index contributed by atoms with van der Waals surface area (Å²) in [7, 11) is 0. The lowest BCUT2D eigenvalue weighted by Gasteiger charge is -2.28. The molecule has 4 nitrogen and oxygen atoms in total. The van der Waals surface area contributed by atoms with E-state index in [1.54, 1.807) is 18.2 Å². The lowest BCUT2D eigenvalue weighted by molar-refractivity contribution is 0.0713. The second kappa shape index (κ2) is 7.07. The van der Waals surface area contributed by atoms with E-state index in [4.69, 9.17) is 10.5 Å². The molecular formula is C12H15BrClFN2O2. The van der Waals surface area contributed by atoms with Crippen LogP contribution in [-0.4, -0.2) is 31.3 Å². The maximum atomic E-state index is 13.6. The van der Waals surface area contributed by atoms with E-state index in [0.717, 1.165) is 4.47 Å². The molecule has 0 radical (unpaired) electrons. The Morgan fingerprint density at radius 2 is 2.26 bits per heavy atom. The average molecular weight is 354 g/mol. The Kier molecular flexibility index (Phi) is 6.03. The molecule has 0 spiro atoms. The third-order valence-corrected chi connectivity index (χ3v) is 3.33. The fraction of sp³-hybridized carbons (Fsp3) is 0.417. The van der Waals surface area contributed by atoms with E-state index in [-0.39, 0.29) is 24.5 Å². The highest BCUT2D eigenvalue weighted by molar-refractivity contribution is 9.10. The number of amides is 1. The first kappa shape index (κ1) is 16.2. The minimum Gasteiger partial charge on any atom is -0.486 e. The lowest BCUT2D eigenvalue weighted by atomic mass is 10.1. The summed E-state index contributed by atoms with van der Waals surface area (Å²) in [5.41, 5.74) is 5.54. The van der Waals surface area contributed by atoms with Crippen molar-refractivity contribution in [2.24, 2.45) is 5.73 Å². The van der Waals surface area contributed by atoms with Crippen LogP contribution in [0.25, 0.3) is 0 Å². The zero-order valence-corrected chi connectivity index (χ0v) is 12.5. The number of benzene rings is 1. The van der Waals surface area contributed by atoms with Crippen LogP contribution in [0, 0.1) is 0 Å². The number of hydrogen-bond donors (Lipinski definition) is 2. The maximum absolute atomic E-state index is 13.6. The van der Waals surface area contributed by atoms with E-state index in [9.17, 15) is 9.18 Å². The number of nitrogens with one attached hydrogen (secondary N) is 1. The first-order valence-electron chi connectivity index (χ1n) is 5.68. The number of nitrogens with two attached hydrogens (primary N) is 1. The van der Waals surface area contributed by atoms with Gasteiger partial charge in [-0.15, -0.1) is 12.4 Å². The highest BCUT2D eigenvalue weighted by atomic mass is 79.9. The van der Waals surface area contributed by atoms with Crippen LogP contribution < -0.4 is 15.8 Å². The molecule has 1 aliphatic heterocycles. The van der Waals surface area contributed by atoms with E-state index in [1.165, 1.54) is 0 Å². The Hall–Kier alpha value is -0.850. The fourth-order valence-electron chi connectivity index (χ4n) is 1.89. The topological polar surface area (TPSA) is 64.4 Å². The summed E-state index contributed by atoms with van der Waals surface area (Å²) in [6, 6.07) is 4.93. The van der Waals surface area contributed by atoms with Gasteiger partial charge in [0.1, 0.15) is 18.0 Å². The second-order valence-corrected chi connectivity index (χ2v) is 5.09.